The molecule has 136 valence electrons. The smallest absolute Gasteiger partial charge is 0.206 e. The highest BCUT2D eigenvalue weighted by molar-refractivity contribution is 6.30. The molecule has 27 heavy (non-hydrogen) atoms. The van der Waals surface area contributed by atoms with E-state index in [0.717, 1.165) is 27.7 Å². The molecule has 0 spiro atoms. The van der Waals surface area contributed by atoms with Crippen molar-refractivity contribution in [2.24, 2.45) is 10.8 Å². The Labute approximate surface area is 162 Å². The number of fused-ring (bicyclic) bond motifs is 1. The van der Waals surface area contributed by atoms with Crippen molar-refractivity contribution in [2.45, 2.75) is 19.9 Å². The summed E-state index contributed by atoms with van der Waals surface area (Å²) < 4.78 is 2.13. The molecule has 0 unspecified atom stereocenters. The zero-order valence-electron chi connectivity index (χ0n) is 14.8. The van der Waals surface area contributed by atoms with E-state index >= 15 is 0 Å². The summed E-state index contributed by atoms with van der Waals surface area (Å²) in [5.41, 5.74) is 12.5. The van der Waals surface area contributed by atoms with Crippen LogP contribution >= 0.6 is 11.6 Å². The third kappa shape index (κ3) is 3.78. The Morgan fingerprint density at radius 3 is 2.63 bits per heavy atom. The maximum absolute atomic E-state index is 9.11. The fourth-order valence-corrected chi connectivity index (χ4v) is 3.30. The number of rotatable bonds is 5. The molecule has 0 bridgehead atoms. The van der Waals surface area contributed by atoms with Gasteiger partial charge in [0.25, 0.3) is 0 Å². The number of hydrogen-bond donors (Lipinski definition) is 3. The van der Waals surface area contributed by atoms with Gasteiger partial charge in [-0.15, -0.1) is 0 Å². The molecule has 0 saturated carbocycles. The van der Waals surface area contributed by atoms with Gasteiger partial charge in [0.2, 0.25) is 5.96 Å². The van der Waals surface area contributed by atoms with Crippen LogP contribution in [-0.4, -0.2) is 16.2 Å². The minimum Gasteiger partial charge on any atom is -0.369 e. The van der Waals surface area contributed by atoms with Gasteiger partial charge in [-0.25, -0.2) is 5.43 Å². The number of aryl methyl sites for hydroxylation is 1. The van der Waals surface area contributed by atoms with Gasteiger partial charge in [-0.05, 0) is 30.7 Å². The van der Waals surface area contributed by atoms with Crippen LogP contribution in [0, 0.1) is 16.7 Å². The van der Waals surface area contributed by atoms with Gasteiger partial charge in [-0.1, -0.05) is 41.9 Å². The van der Waals surface area contributed by atoms with Gasteiger partial charge >= 0.3 is 0 Å². The quantitative estimate of drug-likeness (QED) is 0.354. The maximum Gasteiger partial charge on any atom is 0.206 e. The molecule has 3 aromatic rings. The molecule has 0 fully saturated rings. The Kier molecular flexibility index (Phi) is 5.43. The largest absolute Gasteiger partial charge is 0.369 e. The Morgan fingerprint density at radius 1 is 1.26 bits per heavy atom. The Hall–Kier alpha value is -3.30. The molecule has 1 aromatic heterocycles. The molecule has 3 rings (SSSR count). The van der Waals surface area contributed by atoms with E-state index in [1.807, 2.05) is 55.5 Å². The van der Waals surface area contributed by atoms with Crippen LogP contribution < -0.4 is 11.2 Å². The summed E-state index contributed by atoms with van der Waals surface area (Å²) in [7, 11) is 0. The van der Waals surface area contributed by atoms with Crippen molar-refractivity contribution in [1.29, 1.82) is 10.7 Å². The number of aromatic nitrogens is 1. The van der Waals surface area contributed by atoms with E-state index in [1.54, 1.807) is 0 Å². The van der Waals surface area contributed by atoms with Gasteiger partial charge in [0.05, 0.1) is 23.9 Å². The van der Waals surface area contributed by atoms with E-state index < -0.39 is 0 Å². The normalized spacial score (nSPS) is 11.4. The van der Waals surface area contributed by atoms with Gasteiger partial charge in [0, 0.05) is 28.0 Å². The number of hydrazone groups is 1. The minimum absolute atomic E-state index is 0.226. The van der Waals surface area contributed by atoms with E-state index in [9.17, 15) is 0 Å². The second kappa shape index (κ2) is 7.94. The summed E-state index contributed by atoms with van der Waals surface area (Å²) in [5, 5.41) is 22.4. The highest BCUT2D eigenvalue weighted by Crippen LogP contribution is 2.35. The molecule has 0 atom stereocenters. The van der Waals surface area contributed by atoms with Crippen molar-refractivity contribution in [3.05, 3.63) is 59.1 Å². The van der Waals surface area contributed by atoms with E-state index in [4.69, 9.17) is 28.0 Å². The first-order chi connectivity index (χ1) is 13.0. The van der Waals surface area contributed by atoms with Crippen molar-refractivity contribution in [2.75, 3.05) is 0 Å². The lowest BCUT2D eigenvalue weighted by Gasteiger charge is -2.12. The zero-order valence-corrected chi connectivity index (χ0v) is 15.6. The Morgan fingerprint density at radius 2 is 1.96 bits per heavy atom. The summed E-state index contributed by atoms with van der Waals surface area (Å²) in [4.78, 5) is 0. The van der Waals surface area contributed by atoms with Gasteiger partial charge in [0.15, 0.2) is 0 Å². The molecule has 7 heteroatoms. The zero-order chi connectivity index (χ0) is 19.4. The van der Waals surface area contributed by atoms with E-state index in [1.165, 1.54) is 0 Å². The number of nitrogens with two attached hydrogens (primary N) is 1. The molecule has 0 aliphatic carbocycles. The first-order valence-electron chi connectivity index (χ1n) is 8.41. The van der Waals surface area contributed by atoms with Crippen LogP contribution in [-0.2, 0) is 6.54 Å². The topological polar surface area (TPSA) is 103 Å². The summed E-state index contributed by atoms with van der Waals surface area (Å²) in [5.74, 6) is -0.226. The molecule has 0 radical (unpaired) electrons. The van der Waals surface area contributed by atoms with Gasteiger partial charge < -0.3 is 10.3 Å². The fraction of sp³-hybridized carbons (Fsp3) is 0.150. The Bertz CT molecular complexity index is 1060. The monoisotopic (exact) mass is 378 g/mol. The van der Waals surface area contributed by atoms with Crippen LogP contribution in [0.1, 0.15) is 18.9 Å². The molecule has 0 aliphatic heterocycles. The molecular weight excluding hydrogens is 360 g/mol. The summed E-state index contributed by atoms with van der Waals surface area (Å²) in [6.45, 7) is 2.42. The third-order valence-electron chi connectivity index (χ3n) is 4.24. The van der Waals surface area contributed by atoms with E-state index in [-0.39, 0.29) is 5.96 Å². The fourth-order valence-electron chi connectivity index (χ4n) is 3.17. The second-order valence-corrected chi connectivity index (χ2v) is 6.47. The number of para-hydroxylation sites is 1. The standard InChI is InChI=1S/C20H19ClN6/c1-13(25-26-20(23)24)18-16-5-2-3-6-17(16)27(12-4-11-22)19(18)14-7-9-15(21)10-8-14/h2-3,5-10H,4,12H2,1H3,(H4,23,24,26). The first kappa shape index (κ1) is 18.5. The van der Waals surface area contributed by atoms with Crippen molar-refractivity contribution >= 4 is 34.2 Å². The summed E-state index contributed by atoms with van der Waals surface area (Å²) in [6, 6.07) is 17.8. The van der Waals surface area contributed by atoms with Gasteiger partial charge in [-0.2, -0.15) is 10.4 Å². The number of nitrogens with one attached hydrogen (secondary N) is 2. The molecule has 1 heterocycles. The third-order valence-corrected chi connectivity index (χ3v) is 4.49. The average Bonchev–Trinajstić information content (AvgIpc) is 2.99. The number of benzene rings is 2. The number of guanidine groups is 1. The van der Waals surface area contributed by atoms with Crippen molar-refractivity contribution < 1.29 is 0 Å². The molecule has 2 aromatic carbocycles. The first-order valence-corrected chi connectivity index (χ1v) is 8.79. The predicted molar refractivity (Wildman–Crippen MR) is 110 cm³/mol. The number of hydrogen-bond acceptors (Lipinski definition) is 3. The van der Waals surface area contributed by atoms with Crippen LogP contribution in [0.25, 0.3) is 22.2 Å². The Balaban J connectivity index is 2.32. The van der Waals surface area contributed by atoms with Crippen molar-refractivity contribution in [3.63, 3.8) is 0 Å². The minimum atomic E-state index is -0.226. The highest BCUT2D eigenvalue weighted by Gasteiger charge is 2.20. The van der Waals surface area contributed by atoms with Crippen molar-refractivity contribution in [1.82, 2.24) is 9.99 Å². The second-order valence-electron chi connectivity index (χ2n) is 6.03. The van der Waals surface area contributed by atoms with Gasteiger partial charge in [-0.3, -0.25) is 5.41 Å². The predicted octanol–water partition coefficient (Wildman–Crippen LogP) is 4.08. The maximum atomic E-state index is 9.11. The van der Waals surface area contributed by atoms with Gasteiger partial charge in [0.1, 0.15) is 0 Å². The van der Waals surface area contributed by atoms with Crippen LogP contribution in [0.2, 0.25) is 5.02 Å². The van der Waals surface area contributed by atoms with Crippen molar-refractivity contribution in [3.8, 4) is 17.3 Å². The molecule has 0 saturated heterocycles. The SMILES string of the molecule is CC(=NNC(=N)N)c1c(-c2ccc(Cl)cc2)n(CCC#N)c2ccccc12. The molecule has 4 N–H and O–H groups in total. The van der Waals surface area contributed by atoms with Crippen LogP contribution in [0.3, 0.4) is 0 Å². The number of halogens is 1. The van der Waals surface area contributed by atoms with Crippen LogP contribution in [0.5, 0.6) is 0 Å². The molecular formula is C20H19ClN6. The molecule has 0 amide bonds. The lowest BCUT2D eigenvalue weighted by molar-refractivity contribution is 0.751. The summed E-state index contributed by atoms with van der Waals surface area (Å²) in [6.07, 6.45) is 0.389. The lowest BCUT2D eigenvalue weighted by atomic mass is 10.0. The van der Waals surface area contributed by atoms with Crippen LogP contribution in [0.15, 0.2) is 53.6 Å². The average molecular weight is 379 g/mol. The van der Waals surface area contributed by atoms with Crippen LogP contribution in [0.4, 0.5) is 0 Å². The van der Waals surface area contributed by atoms with E-state index in [2.05, 4.69) is 21.2 Å². The molecule has 6 nitrogen and oxygen atoms in total. The number of nitriles is 1. The summed E-state index contributed by atoms with van der Waals surface area (Å²) >= 11 is 6.07. The lowest BCUT2D eigenvalue weighted by Crippen LogP contribution is -2.26. The highest BCUT2D eigenvalue weighted by atomic mass is 35.5. The van der Waals surface area contributed by atoms with E-state index in [0.29, 0.717) is 23.7 Å². The number of nitrogens with zero attached hydrogens (tertiary/aromatic N) is 3. The molecule has 0 aliphatic rings.